The van der Waals surface area contributed by atoms with Crippen LogP contribution in [0.3, 0.4) is 0 Å². The number of carbonyl (C=O) groups is 1. The van der Waals surface area contributed by atoms with Gasteiger partial charge in [-0.25, -0.2) is 0 Å². The normalized spacial score (nSPS) is 10.2. The highest BCUT2D eigenvalue weighted by Gasteiger charge is 2.17. The van der Waals surface area contributed by atoms with Gasteiger partial charge in [-0.05, 0) is 18.6 Å². The van der Waals surface area contributed by atoms with Gasteiger partial charge in [-0.2, -0.15) is 0 Å². The SMILES string of the molecule is CCCCCN(C)C(=O)c1ccc(N)c([N+](=O)[O-])c1. The molecule has 104 valence electrons. The molecular formula is C13H19N3O3. The number of benzene rings is 1. The molecule has 0 atom stereocenters. The Morgan fingerprint density at radius 3 is 2.68 bits per heavy atom. The third-order valence-electron chi connectivity index (χ3n) is 2.92. The summed E-state index contributed by atoms with van der Waals surface area (Å²) in [5.41, 5.74) is 5.63. The van der Waals surface area contributed by atoms with E-state index in [4.69, 9.17) is 5.73 Å². The lowest BCUT2D eigenvalue weighted by Crippen LogP contribution is -2.27. The molecule has 0 heterocycles. The molecule has 0 saturated carbocycles. The maximum Gasteiger partial charge on any atom is 0.292 e. The van der Waals surface area contributed by atoms with Gasteiger partial charge < -0.3 is 10.6 Å². The fraction of sp³-hybridized carbons (Fsp3) is 0.462. The molecule has 0 aliphatic rings. The van der Waals surface area contributed by atoms with Crippen LogP contribution in [0.5, 0.6) is 0 Å². The second-order valence-corrected chi connectivity index (χ2v) is 4.46. The van der Waals surface area contributed by atoms with E-state index in [1.54, 1.807) is 11.9 Å². The van der Waals surface area contributed by atoms with Gasteiger partial charge in [-0.3, -0.25) is 14.9 Å². The maximum atomic E-state index is 12.1. The number of hydrogen-bond acceptors (Lipinski definition) is 4. The molecule has 0 aliphatic heterocycles. The Morgan fingerprint density at radius 1 is 1.42 bits per heavy atom. The quantitative estimate of drug-likeness (QED) is 0.370. The molecule has 0 saturated heterocycles. The summed E-state index contributed by atoms with van der Waals surface area (Å²) in [5.74, 6) is -0.223. The molecule has 1 aromatic rings. The van der Waals surface area contributed by atoms with Crippen molar-refractivity contribution in [3.05, 3.63) is 33.9 Å². The van der Waals surface area contributed by atoms with Crippen molar-refractivity contribution < 1.29 is 9.72 Å². The lowest BCUT2D eigenvalue weighted by molar-refractivity contribution is -0.383. The van der Waals surface area contributed by atoms with Crippen molar-refractivity contribution in [1.29, 1.82) is 0 Å². The van der Waals surface area contributed by atoms with E-state index in [-0.39, 0.29) is 17.3 Å². The first-order valence-corrected chi connectivity index (χ1v) is 6.26. The number of nitrogen functional groups attached to an aromatic ring is 1. The zero-order chi connectivity index (χ0) is 14.4. The van der Waals surface area contributed by atoms with Crippen molar-refractivity contribution in [2.75, 3.05) is 19.3 Å². The third kappa shape index (κ3) is 3.94. The molecule has 19 heavy (non-hydrogen) atoms. The van der Waals surface area contributed by atoms with E-state index in [0.29, 0.717) is 12.1 Å². The molecule has 0 fully saturated rings. The monoisotopic (exact) mass is 265 g/mol. The molecule has 6 nitrogen and oxygen atoms in total. The number of nitro groups is 1. The lowest BCUT2D eigenvalue weighted by Gasteiger charge is -2.17. The number of rotatable bonds is 6. The Labute approximate surface area is 112 Å². The standard InChI is InChI=1S/C13H19N3O3/c1-3-4-5-8-15(2)13(17)10-6-7-11(14)12(9-10)16(18)19/h6-7,9H,3-5,8,14H2,1-2H3. The number of nitro benzene ring substituents is 1. The maximum absolute atomic E-state index is 12.1. The topological polar surface area (TPSA) is 89.5 Å². The van der Waals surface area contributed by atoms with Gasteiger partial charge in [-0.1, -0.05) is 19.8 Å². The second-order valence-electron chi connectivity index (χ2n) is 4.46. The average Bonchev–Trinajstić information content (AvgIpc) is 2.38. The van der Waals surface area contributed by atoms with E-state index in [9.17, 15) is 14.9 Å². The Hall–Kier alpha value is -2.11. The highest BCUT2D eigenvalue weighted by Crippen LogP contribution is 2.22. The molecule has 0 radical (unpaired) electrons. The number of hydrogen-bond donors (Lipinski definition) is 1. The highest BCUT2D eigenvalue weighted by atomic mass is 16.6. The van der Waals surface area contributed by atoms with Crippen LogP contribution in [0.1, 0.15) is 36.5 Å². The van der Waals surface area contributed by atoms with E-state index in [1.165, 1.54) is 18.2 Å². The summed E-state index contributed by atoms with van der Waals surface area (Å²) in [6.45, 7) is 2.73. The molecule has 1 amide bonds. The van der Waals surface area contributed by atoms with E-state index in [2.05, 4.69) is 6.92 Å². The number of carbonyl (C=O) groups excluding carboxylic acids is 1. The van der Waals surface area contributed by atoms with Gasteiger partial charge >= 0.3 is 0 Å². The number of nitrogens with two attached hydrogens (primary N) is 1. The lowest BCUT2D eigenvalue weighted by atomic mass is 10.1. The molecular weight excluding hydrogens is 246 g/mol. The zero-order valence-electron chi connectivity index (χ0n) is 11.3. The minimum absolute atomic E-state index is 0.0650. The van der Waals surface area contributed by atoms with Gasteiger partial charge in [-0.15, -0.1) is 0 Å². The van der Waals surface area contributed by atoms with Crippen molar-refractivity contribution in [1.82, 2.24) is 4.90 Å². The molecule has 0 aliphatic carbocycles. The first kappa shape index (κ1) is 14.9. The molecule has 2 N–H and O–H groups in total. The summed E-state index contributed by atoms with van der Waals surface area (Å²) >= 11 is 0. The van der Waals surface area contributed by atoms with Crippen LogP contribution in [0.2, 0.25) is 0 Å². The minimum Gasteiger partial charge on any atom is -0.393 e. The Bertz CT molecular complexity index is 474. The van der Waals surface area contributed by atoms with Crippen molar-refractivity contribution in [2.45, 2.75) is 26.2 Å². The molecule has 6 heteroatoms. The summed E-state index contributed by atoms with van der Waals surface area (Å²) < 4.78 is 0. The number of nitrogens with zero attached hydrogens (tertiary/aromatic N) is 2. The average molecular weight is 265 g/mol. The predicted octanol–water partition coefficient (Wildman–Crippen LogP) is 2.44. The van der Waals surface area contributed by atoms with Crippen molar-refractivity contribution >= 4 is 17.3 Å². The fourth-order valence-electron chi connectivity index (χ4n) is 1.76. The summed E-state index contributed by atoms with van der Waals surface area (Å²) in [7, 11) is 1.69. The summed E-state index contributed by atoms with van der Waals surface area (Å²) in [4.78, 5) is 23.9. The first-order chi connectivity index (χ1) is 8.97. The van der Waals surface area contributed by atoms with Crippen molar-refractivity contribution in [3.63, 3.8) is 0 Å². The summed E-state index contributed by atoms with van der Waals surface area (Å²) in [5, 5.41) is 10.8. The zero-order valence-corrected chi connectivity index (χ0v) is 11.3. The van der Waals surface area contributed by atoms with Gasteiger partial charge in [0.2, 0.25) is 0 Å². The minimum atomic E-state index is -0.580. The van der Waals surface area contributed by atoms with Gasteiger partial charge in [0.05, 0.1) is 4.92 Å². The van der Waals surface area contributed by atoms with Gasteiger partial charge in [0.1, 0.15) is 5.69 Å². The molecule has 1 aromatic carbocycles. The van der Waals surface area contributed by atoms with Crippen LogP contribution in [0.4, 0.5) is 11.4 Å². The van der Waals surface area contributed by atoms with E-state index in [0.717, 1.165) is 19.3 Å². The summed E-state index contributed by atoms with van der Waals surface area (Å²) in [6, 6.07) is 4.14. The molecule has 0 spiro atoms. The van der Waals surface area contributed by atoms with Crippen LogP contribution in [0.15, 0.2) is 18.2 Å². The van der Waals surface area contributed by atoms with Crippen molar-refractivity contribution in [2.24, 2.45) is 0 Å². The van der Waals surface area contributed by atoms with Crippen LogP contribution in [-0.2, 0) is 0 Å². The smallest absolute Gasteiger partial charge is 0.292 e. The van der Waals surface area contributed by atoms with Crippen LogP contribution < -0.4 is 5.73 Å². The van der Waals surface area contributed by atoms with Gasteiger partial charge in [0, 0.05) is 25.2 Å². The highest BCUT2D eigenvalue weighted by molar-refractivity contribution is 5.95. The second kappa shape index (κ2) is 6.72. The number of anilines is 1. The van der Waals surface area contributed by atoms with Gasteiger partial charge in [0.25, 0.3) is 11.6 Å². The summed E-state index contributed by atoms with van der Waals surface area (Å²) in [6.07, 6.45) is 3.06. The molecule has 0 unspecified atom stereocenters. The fourth-order valence-corrected chi connectivity index (χ4v) is 1.76. The van der Waals surface area contributed by atoms with Crippen LogP contribution in [0.25, 0.3) is 0 Å². The number of unbranched alkanes of at least 4 members (excludes halogenated alkanes) is 2. The van der Waals surface area contributed by atoms with Gasteiger partial charge in [0.15, 0.2) is 0 Å². The van der Waals surface area contributed by atoms with E-state index in [1.807, 2.05) is 0 Å². The Morgan fingerprint density at radius 2 is 2.11 bits per heavy atom. The molecule has 0 aromatic heterocycles. The van der Waals surface area contributed by atoms with Crippen molar-refractivity contribution in [3.8, 4) is 0 Å². The molecule has 0 bridgehead atoms. The molecule has 1 rings (SSSR count). The van der Waals surface area contributed by atoms with E-state index < -0.39 is 4.92 Å². The van der Waals surface area contributed by atoms with Crippen LogP contribution >= 0.6 is 0 Å². The largest absolute Gasteiger partial charge is 0.393 e. The Kier molecular flexibility index (Phi) is 5.29. The number of amides is 1. The Balaban J connectivity index is 2.82. The van der Waals surface area contributed by atoms with Crippen LogP contribution in [-0.4, -0.2) is 29.3 Å². The van der Waals surface area contributed by atoms with Crippen LogP contribution in [0, 0.1) is 10.1 Å². The predicted molar refractivity (Wildman–Crippen MR) is 74.0 cm³/mol. The first-order valence-electron chi connectivity index (χ1n) is 6.26. The third-order valence-corrected chi connectivity index (χ3v) is 2.92. The van der Waals surface area contributed by atoms with E-state index >= 15 is 0 Å².